The maximum Gasteiger partial charge on any atom is 0.416 e. The van der Waals surface area contributed by atoms with E-state index in [-0.39, 0.29) is 4.90 Å². The number of ether oxygens (including phenoxy) is 1. The normalized spacial score (nSPS) is 16.9. The highest BCUT2D eigenvalue weighted by atomic mass is 32.2. The van der Waals surface area contributed by atoms with Crippen molar-refractivity contribution in [2.24, 2.45) is 0 Å². The third-order valence-electron chi connectivity index (χ3n) is 6.75. The van der Waals surface area contributed by atoms with Gasteiger partial charge in [-0.2, -0.15) is 17.5 Å². The average Bonchev–Trinajstić information content (AvgIpc) is 2.81. The van der Waals surface area contributed by atoms with Crippen molar-refractivity contribution in [2.45, 2.75) is 94.3 Å². The van der Waals surface area contributed by atoms with Gasteiger partial charge in [-0.15, -0.1) is 0 Å². The van der Waals surface area contributed by atoms with Gasteiger partial charge in [-0.25, -0.2) is 8.42 Å². The molecule has 0 amide bonds. The van der Waals surface area contributed by atoms with E-state index in [4.69, 9.17) is 4.74 Å². The molecule has 9 heteroatoms. The van der Waals surface area contributed by atoms with Crippen LogP contribution >= 0.6 is 0 Å². The summed E-state index contributed by atoms with van der Waals surface area (Å²) in [6.07, 6.45) is 5.94. The lowest BCUT2D eigenvalue weighted by molar-refractivity contribution is -0.137. The molecule has 1 aliphatic rings. The minimum Gasteiger partial charge on any atom is -0.359 e. The number of alkyl halides is 3. The van der Waals surface area contributed by atoms with Crippen molar-refractivity contribution in [3.63, 3.8) is 0 Å². The van der Waals surface area contributed by atoms with Crippen molar-refractivity contribution >= 4 is 10.0 Å². The van der Waals surface area contributed by atoms with E-state index in [9.17, 15) is 21.6 Å². The Morgan fingerprint density at radius 3 is 2.09 bits per heavy atom. The van der Waals surface area contributed by atoms with Crippen molar-refractivity contribution in [2.75, 3.05) is 33.8 Å². The Morgan fingerprint density at radius 1 is 0.912 bits per heavy atom. The Morgan fingerprint density at radius 2 is 1.50 bits per heavy atom. The van der Waals surface area contributed by atoms with Crippen molar-refractivity contribution < 1.29 is 26.3 Å². The van der Waals surface area contributed by atoms with Crippen molar-refractivity contribution in [1.29, 1.82) is 0 Å². The molecule has 1 aromatic carbocycles. The van der Waals surface area contributed by atoms with Crippen molar-refractivity contribution in [1.82, 2.24) is 9.21 Å². The standard InChI is InChI=1S/C25H41F3N2O3S/c1-4-5-19-29(2)20-11-6-7-12-21-33-24(17-9-8-10-18-24)30(3)34(31,32)23-15-13-22(14-16-23)25(26,27)28/h13-16H,4-12,17-21H2,1-3H3. The van der Waals surface area contributed by atoms with E-state index in [0.717, 1.165) is 82.3 Å². The van der Waals surface area contributed by atoms with E-state index in [1.807, 2.05) is 0 Å². The maximum atomic E-state index is 13.3. The fourth-order valence-corrected chi connectivity index (χ4v) is 5.96. The highest BCUT2D eigenvalue weighted by molar-refractivity contribution is 7.89. The summed E-state index contributed by atoms with van der Waals surface area (Å²) in [5, 5.41) is 0. The lowest BCUT2D eigenvalue weighted by atomic mass is 9.91. The van der Waals surface area contributed by atoms with Crippen LogP contribution in [0.5, 0.6) is 0 Å². The number of nitrogens with zero attached hydrogens (tertiary/aromatic N) is 2. The molecule has 1 aromatic rings. The van der Waals surface area contributed by atoms with Crippen LogP contribution in [-0.2, 0) is 20.9 Å². The van der Waals surface area contributed by atoms with Crippen LogP contribution in [0.1, 0.15) is 83.1 Å². The van der Waals surface area contributed by atoms with Gasteiger partial charge in [-0.3, -0.25) is 0 Å². The number of sulfonamides is 1. The van der Waals surface area contributed by atoms with Crippen LogP contribution in [0.3, 0.4) is 0 Å². The molecule has 0 unspecified atom stereocenters. The number of halogens is 3. The summed E-state index contributed by atoms with van der Waals surface area (Å²) in [4.78, 5) is 2.21. The first-order valence-electron chi connectivity index (χ1n) is 12.5. The zero-order chi connectivity index (χ0) is 25.2. The Labute approximate surface area is 203 Å². The van der Waals surface area contributed by atoms with Gasteiger partial charge in [0.25, 0.3) is 0 Å². The Kier molecular flexibility index (Phi) is 11.3. The molecule has 0 aliphatic heterocycles. The molecule has 0 aromatic heterocycles. The molecule has 0 saturated heterocycles. The highest BCUT2D eigenvalue weighted by Gasteiger charge is 2.43. The Balaban J connectivity index is 1.94. The lowest BCUT2D eigenvalue weighted by Crippen LogP contribution is -2.52. The first-order chi connectivity index (χ1) is 16.0. The summed E-state index contributed by atoms with van der Waals surface area (Å²) in [6, 6.07) is 3.69. The van der Waals surface area contributed by atoms with E-state index in [1.54, 1.807) is 0 Å². The third-order valence-corrected chi connectivity index (χ3v) is 8.67. The highest BCUT2D eigenvalue weighted by Crippen LogP contribution is 2.38. The molecule has 5 nitrogen and oxygen atoms in total. The number of benzene rings is 1. The van der Waals surface area contributed by atoms with Crippen LogP contribution < -0.4 is 0 Å². The second-order valence-electron chi connectivity index (χ2n) is 9.42. The average molecular weight is 507 g/mol. The van der Waals surface area contributed by atoms with E-state index < -0.39 is 27.5 Å². The molecule has 0 N–H and O–H groups in total. The van der Waals surface area contributed by atoms with Gasteiger partial charge in [0.15, 0.2) is 0 Å². The second-order valence-corrected chi connectivity index (χ2v) is 11.4. The minimum absolute atomic E-state index is 0.149. The molecular formula is C25H41F3N2O3S. The van der Waals surface area contributed by atoms with Crippen LogP contribution in [0.25, 0.3) is 0 Å². The second kappa shape index (κ2) is 13.2. The Hall–Kier alpha value is -1.16. The SMILES string of the molecule is CCCCN(C)CCCCCCOC1(N(C)S(=O)(=O)c2ccc(C(F)(F)F)cc2)CCCCC1. The fourth-order valence-electron chi connectivity index (χ4n) is 4.49. The molecule has 0 bridgehead atoms. The number of hydrogen-bond acceptors (Lipinski definition) is 4. The first-order valence-corrected chi connectivity index (χ1v) is 14.0. The van der Waals surface area contributed by atoms with Gasteiger partial charge in [0.2, 0.25) is 10.0 Å². The summed E-state index contributed by atoms with van der Waals surface area (Å²) in [5.74, 6) is 0. The van der Waals surface area contributed by atoms with Gasteiger partial charge in [0.05, 0.1) is 10.5 Å². The minimum atomic E-state index is -4.51. The number of hydrogen-bond donors (Lipinski definition) is 0. The monoisotopic (exact) mass is 506 g/mol. The summed E-state index contributed by atoms with van der Waals surface area (Å²) in [7, 11) is -0.351. The van der Waals surface area contributed by atoms with Crippen LogP contribution in [0.4, 0.5) is 13.2 Å². The molecule has 0 atom stereocenters. The Bertz CT molecular complexity index is 823. The van der Waals surface area contributed by atoms with Crippen LogP contribution in [0.15, 0.2) is 29.2 Å². The molecule has 1 saturated carbocycles. The zero-order valence-electron chi connectivity index (χ0n) is 20.9. The first kappa shape index (κ1) is 29.1. The molecule has 0 radical (unpaired) electrons. The van der Waals surface area contributed by atoms with E-state index in [1.165, 1.54) is 24.2 Å². The van der Waals surface area contributed by atoms with Gasteiger partial charge in [0.1, 0.15) is 5.72 Å². The topological polar surface area (TPSA) is 49.9 Å². The molecular weight excluding hydrogens is 465 g/mol. The van der Waals surface area contributed by atoms with Gasteiger partial charge >= 0.3 is 6.18 Å². The van der Waals surface area contributed by atoms with Crippen LogP contribution in [0, 0.1) is 0 Å². The molecule has 1 aliphatic carbocycles. The van der Waals surface area contributed by atoms with Gasteiger partial charge in [-0.05, 0) is 89.3 Å². The van der Waals surface area contributed by atoms with Crippen molar-refractivity contribution in [3.05, 3.63) is 29.8 Å². The number of rotatable bonds is 14. The van der Waals surface area contributed by atoms with Gasteiger partial charge < -0.3 is 9.64 Å². The number of unbranched alkanes of at least 4 members (excludes halogenated alkanes) is 4. The summed E-state index contributed by atoms with van der Waals surface area (Å²) >= 11 is 0. The van der Waals surface area contributed by atoms with E-state index >= 15 is 0 Å². The summed E-state index contributed by atoms with van der Waals surface area (Å²) in [5.41, 5.74) is -1.81. The summed E-state index contributed by atoms with van der Waals surface area (Å²) < 4.78 is 72.7. The maximum absolute atomic E-state index is 13.3. The van der Waals surface area contributed by atoms with Gasteiger partial charge in [0, 0.05) is 13.7 Å². The molecule has 196 valence electrons. The smallest absolute Gasteiger partial charge is 0.359 e. The van der Waals surface area contributed by atoms with Gasteiger partial charge in [-0.1, -0.05) is 32.6 Å². The molecule has 2 rings (SSSR count). The van der Waals surface area contributed by atoms with Crippen molar-refractivity contribution in [3.8, 4) is 0 Å². The van der Waals surface area contributed by atoms with E-state index in [0.29, 0.717) is 19.4 Å². The lowest BCUT2D eigenvalue weighted by Gasteiger charge is -2.43. The third kappa shape index (κ3) is 8.21. The quantitative estimate of drug-likeness (QED) is 0.220. The molecule has 1 fully saturated rings. The summed E-state index contributed by atoms with van der Waals surface area (Å²) in [6.45, 7) is 4.87. The largest absolute Gasteiger partial charge is 0.416 e. The zero-order valence-corrected chi connectivity index (χ0v) is 21.7. The molecule has 34 heavy (non-hydrogen) atoms. The predicted molar refractivity (Wildman–Crippen MR) is 129 cm³/mol. The van der Waals surface area contributed by atoms with Crippen LogP contribution in [-0.4, -0.2) is 57.1 Å². The van der Waals surface area contributed by atoms with E-state index in [2.05, 4.69) is 18.9 Å². The van der Waals surface area contributed by atoms with Crippen LogP contribution in [0.2, 0.25) is 0 Å². The molecule has 0 heterocycles. The predicted octanol–water partition coefficient (Wildman–Crippen LogP) is 6.30. The molecule has 0 spiro atoms. The fraction of sp³-hybridized carbons (Fsp3) is 0.760.